The first-order valence-electron chi connectivity index (χ1n) is 5.58. The fraction of sp³-hybridized carbons (Fsp3) is 0.462. The van der Waals surface area contributed by atoms with E-state index in [1.165, 1.54) is 25.8 Å². The van der Waals surface area contributed by atoms with Gasteiger partial charge in [0.2, 0.25) is 0 Å². The number of benzene rings is 1. The summed E-state index contributed by atoms with van der Waals surface area (Å²) in [5.74, 6) is 0.554. The van der Waals surface area contributed by atoms with Crippen LogP contribution >= 0.6 is 0 Å². The second kappa shape index (κ2) is 4.66. The summed E-state index contributed by atoms with van der Waals surface area (Å²) in [6, 6.07) is 7.64. The molecule has 0 unspecified atom stereocenters. The van der Waals surface area contributed by atoms with Crippen LogP contribution in [-0.2, 0) is 11.3 Å². The summed E-state index contributed by atoms with van der Waals surface area (Å²) >= 11 is 0. The molecule has 1 aliphatic rings. The van der Waals surface area contributed by atoms with Crippen molar-refractivity contribution in [1.82, 2.24) is 4.90 Å². The monoisotopic (exact) mass is 219 g/mol. The van der Waals surface area contributed by atoms with Crippen LogP contribution in [0.5, 0.6) is 0 Å². The minimum absolute atomic E-state index is 0.274. The molecule has 1 heterocycles. The lowest BCUT2D eigenvalue weighted by Crippen LogP contribution is -2.44. The molecular weight excluding hydrogens is 202 g/mol. The average Bonchev–Trinajstić information content (AvgIpc) is 2.27. The van der Waals surface area contributed by atoms with E-state index in [4.69, 9.17) is 0 Å². The zero-order valence-electron chi connectivity index (χ0n) is 9.77. The minimum atomic E-state index is -0.274. The Morgan fingerprint density at radius 3 is 2.50 bits per heavy atom. The van der Waals surface area contributed by atoms with Crippen molar-refractivity contribution in [3.05, 3.63) is 35.4 Å². The van der Waals surface area contributed by atoms with Gasteiger partial charge in [-0.1, -0.05) is 19.1 Å². The first kappa shape index (κ1) is 11.1. The van der Waals surface area contributed by atoms with Crippen LogP contribution in [0.4, 0.5) is 0 Å². The summed E-state index contributed by atoms with van der Waals surface area (Å²) < 4.78 is 4.65. The van der Waals surface area contributed by atoms with Crippen LogP contribution in [0.3, 0.4) is 0 Å². The van der Waals surface area contributed by atoms with E-state index in [1.807, 2.05) is 24.3 Å². The molecule has 1 saturated heterocycles. The lowest BCUT2D eigenvalue weighted by molar-refractivity contribution is 0.0600. The highest BCUT2D eigenvalue weighted by molar-refractivity contribution is 5.89. The highest BCUT2D eigenvalue weighted by Gasteiger charge is 2.21. The summed E-state index contributed by atoms with van der Waals surface area (Å²) in [7, 11) is 1.40. The number of methoxy groups -OCH3 is 1. The zero-order chi connectivity index (χ0) is 11.5. The molecule has 1 fully saturated rings. The summed E-state index contributed by atoms with van der Waals surface area (Å²) in [6.45, 7) is 5.60. The van der Waals surface area contributed by atoms with E-state index in [9.17, 15) is 4.79 Å². The van der Waals surface area contributed by atoms with Crippen molar-refractivity contribution in [2.24, 2.45) is 5.92 Å². The number of ether oxygens (including phenoxy) is 1. The molecule has 3 nitrogen and oxygen atoms in total. The number of carbonyl (C=O) groups is 1. The second-order valence-electron chi connectivity index (χ2n) is 4.49. The van der Waals surface area contributed by atoms with Crippen molar-refractivity contribution in [3.63, 3.8) is 0 Å². The summed E-state index contributed by atoms with van der Waals surface area (Å²) in [4.78, 5) is 13.6. The van der Waals surface area contributed by atoms with E-state index in [1.54, 1.807) is 0 Å². The van der Waals surface area contributed by atoms with Crippen molar-refractivity contribution < 1.29 is 9.53 Å². The maximum Gasteiger partial charge on any atom is 0.337 e. The number of carbonyl (C=O) groups excluding carboxylic acids is 1. The second-order valence-corrected chi connectivity index (χ2v) is 4.49. The minimum Gasteiger partial charge on any atom is -0.465 e. The Balaban J connectivity index is 1.94. The number of nitrogens with zero attached hydrogens (tertiary/aromatic N) is 1. The van der Waals surface area contributed by atoms with Gasteiger partial charge in [-0.25, -0.2) is 4.79 Å². The van der Waals surface area contributed by atoms with Crippen molar-refractivity contribution in [2.75, 3.05) is 20.2 Å². The molecular formula is C13H17NO2. The lowest BCUT2D eigenvalue weighted by atomic mass is 10.0. The fourth-order valence-corrected chi connectivity index (χ4v) is 2.08. The highest BCUT2D eigenvalue weighted by atomic mass is 16.5. The lowest BCUT2D eigenvalue weighted by Gasteiger charge is -2.37. The molecule has 1 aliphatic heterocycles. The number of hydrogen-bond donors (Lipinski definition) is 0. The Hall–Kier alpha value is -1.35. The predicted octanol–water partition coefficient (Wildman–Crippen LogP) is 1.92. The van der Waals surface area contributed by atoms with Crippen LogP contribution in [0, 0.1) is 5.92 Å². The van der Waals surface area contributed by atoms with E-state index in [0.29, 0.717) is 5.56 Å². The number of likely N-dealkylation sites (tertiary alicyclic amines) is 1. The third kappa shape index (κ3) is 2.42. The molecule has 0 amide bonds. The van der Waals surface area contributed by atoms with E-state index < -0.39 is 0 Å². The standard InChI is InChI=1S/C13H17NO2/c1-10-7-14(8-10)9-11-3-5-12(6-4-11)13(15)16-2/h3-6,10H,7-9H2,1-2H3. The van der Waals surface area contributed by atoms with Gasteiger partial charge in [0.25, 0.3) is 0 Å². The molecule has 0 spiro atoms. The Kier molecular flexibility index (Phi) is 3.25. The predicted molar refractivity (Wildman–Crippen MR) is 62.2 cm³/mol. The molecule has 0 atom stereocenters. The molecule has 0 aromatic heterocycles. The van der Waals surface area contributed by atoms with Crippen LogP contribution in [0.1, 0.15) is 22.8 Å². The first-order valence-corrected chi connectivity index (χ1v) is 5.58. The number of esters is 1. The highest BCUT2D eigenvalue weighted by Crippen LogP contribution is 2.17. The molecule has 0 radical (unpaired) electrons. The van der Waals surface area contributed by atoms with Gasteiger partial charge in [0.15, 0.2) is 0 Å². The van der Waals surface area contributed by atoms with E-state index in [-0.39, 0.29) is 5.97 Å². The average molecular weight is 219 g/mol. The first-order chi connectivity index (χ1) is 7.69. The molecule has 1 aromatic rings. The fourth-order valence-electron chi connectivity index (χ4n) is 2.08. The van der Waals surface area contributed by atoms with E-state index >= 15 is 0 Å². The van der Waals surface area contributed by atoms with Crippen molar-refractivity contribution in [3.8, 4) is 0 Å². The number of rotatable bonds is 3. The third-order valence-electron chi connectivity index (χ3n) is 2.92. The van der Waals surface area contributed by atoms with Gasteiger partial charge in [0, 0.05) is 19.6 Å². The summed E-state index contributed by atoms with van der Waals surface area (Å²) in [5.41, 5.74) is 1.86. The molecule has 16 heavy (non-hydrogen) atoms. The third-order valence-corrected chi connectivity index (χ3v) is 2.92. The van der Waals surface area contributed by atoms with Gasteiger partial charge in [-0.2, -0.15) is 0 Å². The maximum atomic E-state index is 11.2. The molecule has 2 rings (SSSR count). The van der Waals surface area contributed by atoms with Crippen molar-refractivity contribution in [2.45, 2.75) is 13.5 Å². The van der Waals surface area contributed by atoms with Crippen LogP contribution in [-0.4, -0.2) is 31.1 Å². The van der Waals surface area contributed by atoms with Gasteiger partial charge >= 0.3 is 5.97 Å². The molecule has 0 saturated carbocycles. The molecule has 0 aliphatic carbocycles. The van der Waals surface area contributed by atoms with Crippen LogP contribution in [0.25, 0.3) is 0 Å². The maximum absolute atomic E-state index is 11.2. The molecule has 3 heteroatoms. The van der Waals surface area contributed by atoms with Gasteiger partial charge in [-0.3, -0.25) is 4.90 Å². The van der Waals surface area contributed by atoms with Gasteiger partial charge in [0.1, 0.15) is 0 Å². The number of hydrogen-bond acceptors (Lipinski definition) is 3. The largest absolute Gasteiger partial charge is 0.465 e. The normalized spacial score (nSPS) is 16.9. The molecule has 86 valence electrons. The van der Waals surface area contributed by atoms with Gasteiger partial charge in [0.05, 0.1) is 12.7 Å². The quantitative estimate of drug-likeness (QED) is 0.727. The Bertz CT molecular complexity index is 366. The van der Waals surface area contributed by atoms with Crippen LogP contribution in [0.2, 0.25) is 0 Å². The van der Waals surface area contributed by atoms with E-state index in [0.717, 1.165) is 12.5 Å². The Morgan fingerprint density at radius 2 is 2.00 bits per heavy atom. The zero-order valence-corrected chi connectivity index (χ0v) is 9.77. The summed E-state index contributed by atoms with van der Waals surface area (Å²) in [5, 5.41) is 0. The molecule has 1 aromatic carbocycles. The molecule has 0 bridgehead atoms. The van der Waals surface area contributed by atoms with Gasteiger partial charge in [-0.05, 0) is 23.6 Å². The van der Waals surface area contributed by atoms with Crippen molar-refractivity contribution >= 4 is 5.97 Å². The Labute approximate surface area is 96.0 Å². The van der Waals surface area contributed by atoms with Crippen LogP contribution in [0.15, 0.2) is 24.3 Å². The smallest absolute Gasteiger partial charge is 0.337 e. The topological polar surface area (TPSA) is 29.5 Å². The van der Waals surface area contributed by atoms with Crippen molar-refractivity contribution in [1.29, 1.82) is 0 Å². The molecule has 0 N–H and O–H groups in total. The SMILES string of the molecule is COC(=O)c1ccc(CN2CC(C)C2)cc1. The summed E-state index contributed by atoms with van der Waals surface area (Å²) in [6.07, 6.45) is 0. The Morgan fingerprint density at radius 1 is 1.38 bits per heavy atom. The van der Waals surface area contributed by atoms with Gasteiger partial charge in [-0.15, -0.1) is 0 Å². The van der Waals surface area contributed by atoms with E-state index in [2.05, 4.69) is 16.6 Å². The van der Waals surface area contributed by atoms with Crippen LogP contribution < -0.4 is 0 Å². The van der Waals surface area contributed by atoms with Gasteiger partial charge < -0.3 is 4.74 Å².